The number of anilines is 1. The fourth-order valence-corrected chi connectivity index (χ4v) is 8.29. The molecule has 1 saturated carbocycles. The number of rotatable bonds is 2. The van der Waals surface area contributed by atoms with Crippen LogP contribution in [0.1, 0.15) is 59.4 Å². The number of benzene rings is 1. The van der Waals surface area contributed by atoms with Gasteiger partial charge in [0.05, 0.1) is 25.2 Å². The number of piperidine rings is 2. The van der Waals surface area contributed by atoms with Crippen molar-refractivity contribution in [3.8, 4) is 11.5 Å². The highest BCUT2D eigenvalue weighted by Crippen LogP contribution is 2.71. The lowest BCUT2D eigenvalue weighted by Gasteiger charge is -2.62. The monoisotopic (exact) mass is 523 g/mol. The van der Waals surface area contributed by atoms with Gasteiger partial charge in [-0.2, -0.15) is 0 Å². The Hall–Kier alpha value is -3.07. The minimum Gasteiger partial charge on any atom is -0.493 e. The zero-order valence-corrected chi connectivity index (χ0v) is 23.3. The first kappa shape index (κ1) is 25.2. The largest absolute Gasteiger partial charge is 0.493 e. The molecule has 4 atom stereocenters. The number of nitrogens with zero attached hydrogens (tertiary/aromatic N) is 2. The molecule has 3 spiro atoms. The third-order valence-corrected chi connectivity index (χ3v) is 9.83. The highest BCUT2D eigenvalue weighted by Gasteiger charge is 2.78. The minimum atomic E-state index is -1.08. The van der Waals surface area contributed by atoms with E-state index in [1.807, 2.05) is 6.07 Å². The average Bonchev–Trinajstić information content (AvgIpc) is 3.21. The molecule has 38 heavy (non-hydrogen) atoms. The average molecular weight is 524 g/mol. The number of hydrogen-bond acceptors (Lipinski definition) is 7. The van der Waals surface area contributed by atoms with Crippen molar-refractivity contribution < 1.29 is 28.6 Å². The van der Waals surface area contributed by atoms with Crippen LogP contribution >= 0.6 is 0 Å². The summed E-state index contributed by atoms with van der Waals surface area (Å²) >= 11 is 0. The summed E-state index contributed by atoms with van der Waals surface area (Å²) in [6.45, 7) is 11.0. The Bertz CT molecular complexity index is 1300. The molecule has 6 aliphatic rings. The minimum absolute atomic E-state index is 0.00535. The maximum Gasteiger partial charge on any atom is 0.421 e. The molecule has 9 nitrogen and oxygen atoms in total. The summed E-state index contributed by atoms with van der Waals surface area (Å²) in [4.78, 5) is 45.5. The van der Waals surface area contributed by atoms with Gasteiger partial charge in [0.25, 0.3) is 0 Å². The number of piperazine rings is 1. The number of hydrogen-bond donors (Lipinski definition) is 1. The number of fused-ring (bicyclic) bond motifs is 3. The van der Waals surface area contributed by atoms with E-state index in [0.29, 0.717) is 42.1 Å². The zero-order valence-electron chi connectivity index (χ0n) is 23.3. The highest BCUT2D eigenvalue weighted by molar-refractivity contribution is 6.23. The topological polar surface area (TPSA) is 97.4 Å². The molecule has 2 bridgehead atoms. The van der Waals surface area contributed by atoms with E-state index < -0.39 is 33.6 Å². The van der Waals surface area contributed by atoms with Crippen molar-refractivity contribution in [2.24, 2.45) is 11.3 Å². The number of amides is 3. The summed E-state index contributed by atoms with van der Waals surface area (Å²) < 4.78 is 17.1. The smallest absolute Gasteiger partial charge is 0.421 e. The van der Waals surface area contributed by atoms with Crippen LogP contribution in [0.3, 0.4) is 0 Å². The molecule has 0 aromatic heterocycles. The molecular formula is C29H37N3O6. The van der Waals surface area contributed by atoms with Crippen LogP contribution in [0.5, 0.6) is 11.5 Å². The Morgan fingerprint density at radius 1 is 1.13 bits per heavy atom. The summed E-state index contributed by atoms with van der Waals surface area (Å²) in [6.07, 6.45) is 5.33. The second-order valence-corrected chi connectivity index (χ2v) is 13.0. The van der Waals surface area contributed by atoms with Crippen molar-refractivity contribution in [3.05, 3.63) is 29.8 Å². The van der Waals surface area contributed by atoms with E-state index >= 15 is 0 Å². The lowest BCUT2D eigenvalue weighted by Crippen LogP contribution is -2.80. The van der Waals surface area contributed by atoms with Crippen LogP contribution in [0.15, 0.2) is 24.3 Å². The molecule has 5 heterocycles. The van der Waals surface area contributed by atoms with Crippen LogP contribution in [0.4, 0.5) is 10.5 Å². The normalized spacial score (nSPS) is 34.6. The Kier molecular flexibility index (Phi) is 4.99. The molecule has 3 saturated heterocycles. The van der Waals surface area contributed by atoms with Gasteiger partial charge in [0.2, 0.25) is 11.8 Å². The zero-order chi connectivity index (χ0) is 27.5. The molecule has 204 valence electrons. The van der Waals surface area contributed by atoms with Crippen LogP contribution in [-0.4, -0.2) is 66.8 Å². The van der Waals surface area contributed by atoms with Crippen molar-refractivity contribution in [1.29, 1.82) is 0 Å². The molecule has 1 aromatic rings. The molecular weight excluding hydrogens is 486 g/mol. The van der Waals surface area contributed by atoms with Crippen molar-refractivity contribution in [3.63, 3.8) is 0 Å². The van der Waals surface area contributed by atoms with Gasteiger partial charge in [0, 0.05) is 13.1 Å². The predicted octanol–water partition coefficient (Wildman–Crippen LogP) is 3.54. The first-order valence-corrected chi connectivity index (χ1v) is 13.4. The van der Waals surface area contributed by atoms with Gasteiger partial charge in [-0.1, -0.05) is 32.1 Å². The summed E-state index contributed by atoms with van der Waals surface area (Å²) in [5.41, 5.74) is -2.71. The number of imide groups is 1. The summed E-state index contributed by atoms with van der Waals surface area (Å²) in [7, 11) is 3.03. The molecule has 9 heteroatoms. The van der Waals surface area contributed by atoms with E-state index in [2.05, 4.69) is 36.2 Å². The number of carbonyl (C=O) groups is 3. The van der Waals surface area contributed by atoms with Gasteiger partial charge >= 0.3 is 6.09 Å². The fourth-order valence-electron chi connectivity index (χ4n) is 8.29. The summed E-state index contributed by atoms with van der Waals surface area (Å²) in [5.74, 6) is 0.412. The third kappa shape index (κ3) is 2.83. The van der Waals surface area contributed by atoms with E-state index in [4.69, 9.17) is 14.2 Å². The predicted molar refractivity (Wildman–Crippen MR) is 140 cm³/mol. The van der Waals surface area contributed by atoms with E-state index in [-0.39, 0.29) is 17.7 Å². The second-order valence-electron chi connectivity index (χ2n) is 13.0. The Balaban J connectivity index is 1.57. The number of carbonyl (C=O) groups excluding carboxylic acids is 3. The number of methoxy groups -OCH3 is 2. The van der Waals surface area contributed by atoms with Crippen molar-refractivity contribution in [1.82, 2.24) is 10.2 Å². The quantitative estimate of drug-likeness (QED) is 0.592. The van der Waals surface area contributed by atoms with E-state index in [1.165, 1.54) is 14.2 Å². The first-order valence-electron chi connectivity index (χ1n) is 13.4. The van der Waals surface area contributed by atoms with Crippen molar-refractivity contribution in [2.45, 2.75) is 76.0 Å². The standard InChI is InChI=1S/C29H37N3O6/c1-25(2,3)38-24(35)32-20-17(10-11-18(36-6)21(20)37-7)29(23(32)34)15-27-16-31-13-9-8-12-28(31,22(33)30-27)14-19(27)26(29,4)5/h8,10-12,19H,9,13-16H2,1-7H3,(H,30,33)/t19?,27-,28?,29-/m1/s1. The lowest BCUT2D eigenvalue weighted by atomic mass is 9.57. The lowest BCUT2D eigenvalue weighted by molar-refractivity contribution is -0.155. The molecule has 1 N–H and O–H groups in total. The van der Waals surface area contributed by atoms with Crippen LogP contribution in [0.2, 0.25) is 0 Å². The number of ether oxygens (including phenoxy) is 3. The van der Waals surface area contributed by atoms with Crippen LogP contribution in [-0.2, 0) is 19.7 Å². The highest BCUT2D eigenvalue weighted by atomic mass is 16.6. The maximum atomic E-state index is 14.8. The molecule has 0 radical (unpaired) electrons. The third-order valence-electron chi connectivity index (χ3n) is 9.83. The Morgan fingerprint density at radius 2 is 1.87 bits per heavy atom. The maximum absolute atomic E-state index is 14.8. The Labute approximate surface area is 223 Å². The van der Waals surface area contributed by atoms with E-state index in [1.54, 1.807) is 26.8 Å². The molecule has 4 fully saturated rings. The van der Waals surface area contributed by atoms with Crippen LogP contribution in [0.25, 0.3) is 0 Å². The molecule has 1 aromatic carbocycles. The van der Waals surface area contributed by atoms with Gasteiger partial charge in [-0.15, -0.1) is 0 Å². The Morgan fingerprint density at radius 3 is 2.53 bits per heavy atom. The van der Waals surface area contributed by atoms with E-state index in [0.717, 1.165) is 17.9 Å². The molecule has 5 aliphatic heterocycles. The van der Waals surface area contributed by atoms with Gasteiger partial charge < -0.3 is 19.5 Å². The van der Waals surface area contributed by atoms with Crippen LogP contribution < -0.4 is 19.7 Å². The summed E-state index contributed by atoms with van der Waals surface area (Å²) in [6, 6.07) is 3.68. The van der Waals surface area contributed by atoms with Gasteiger partial charge in [-0.05, 0) is 63.0 Å². The second kappa shape index (κ2) is 7.52. The molecule has 1 aliphatic carbocycles. The van der Waals surface area contributed by atoms with Crippen LogP contribution in [0, 0.1) is 11.3 Å². The van der Waals surface area contributed by atoms with E-state index in [9.17, 15) is 14.4 Å². The summed E-state index contributed by atoms with van der Waals surface area (Å²) in [5, 5.41) is 3.40. The molecule has 2 unspecified atom stereocenters. The van der Waals surface area contributed by atoms with Crippen molar-refractivity contribution in [2.75, 3.05) is 32.2 Å². The van der Waals surface area contributed by atoms with Gasteiger partial charge in [-0.3, -0.25) is 14.5 Å². The first-order chi connectivity index (χ1) is 17.8. The fraction of sp³-hybridized carbons (Fsp3) is 0.621. The van der Waals surface area contributed by atoms with Gasteiger partial charge in [0.15, 0.2) is 11.5 Å². The van der Waals surface area contributed by atoms with Gasteiger partial charge in [0.1, 0.15) is 16.8 Å². The van der Waals surface area contributed by atoms with Gasteiger partial charge in [-0.25, -0.2) is 9.69 Å². The molecule has 7 rings (SSSR count). The number of nitrogens with one attached hydrogen (secondary N) is 1. The SMILES string of the molecule is COc1ccc2c(c1OC)N(C(=O)OC(C)(C)C)C(=O)[C@@]21C[C@@]23CN4CCC=CC4(CC2C1(C)C)C(=O)N3. The van der Waals surface area contributed by atoms with Crippen molar-refractivity contribution >= 4 is 23.6 Å². The molecule has 3 amide bonds.